The van der Waals surface area contributed by atoms with Gasteiger partial charge in [-0.25, -0.2) is 0 Å². The topological polar surface area (TPSA) is 52.0 Å². The highest BCUT2D eigenvalue weighted by molar-refractivity contribution is 5.70. The second-order valence-electron chi connectivity index (χ2n) is 4.94. The van der Waals surface area contributed by atoms with Crippen LogP contribution in [-0.2, 0) is 5.41 Å². The molecule has 0 spiro atoms. The van der Waals surface area contributed by atoms with Gasteiger partial charge in [0.05, 0.1) is 6.20 Å². The molecule has 3 nitrogen and oxygen atoms in total. The zero-order valence-corrected chi connectivity index (χ0v) is 9.82. The molecule has 16 heavy (non-hydrogen) atoms. The molecule has 3 heteroatoms. The summed E-state index contributed by atoms with van der Waals surface area (Å²) in [7, 11) is 0. The molecule has 1 aromatic carbocycles. The van der Waals surface area contributed by atoms with Gasteiger partial charge in [-0.1, -0.05) is 50.2 Å². The molecule has 0 saturated carbocycles. The predicted octanol–water partition coefficient (Wildman–Crippen LogP) is 3.22. The van der Waals surface area contributed by atoms with Crippen LogP contribution in [0.15, 0.2) is 35.0 Å². The van der Waals surface area contributed by atoms with Crippen LogP contribution in [0.5, 0.6) is 0 Å². The Morgan fingerprint density at radius 1 is 1.12 bits per heavy atom. The third kappa shape index (κ3) is 1.94. The number of nitrogens with two attached hydrogens (primary N) is 1. The molecule has 0 fully saturated rings. The lowest BCUT2D eigenvalue weighted by Gasteiger charge is -2.18. The second kappa shape index (κ2) is 3.67. The number of aromatic nitrogens is 1. The summed E-state index contributed by atoms with van der Waals surface area (Å²) in [6, 6.07) is 8.21. The molecule has 2 rings (SSSR count). The van der Waals surface area contributed by atoms with Gasteiger partial charge in [0, 0.05) is 5.56 Å². The van der Waals surface area contributed by atoms with E-state index in [0.29, 0.717) is 11.4 Å². The van der Waals surface area contributed by atoms with E-state index >= 15 is 0 Å². The Balaban J connectivity index is 2.37. The highest BCUT2D eigenvalue weighted by Crippen LogP contribution is 2.28. The van der Waals surface area contributed by atoms with Crippen LogP contribution in [-0.4, -0.2) is 5.16 Å². The molecular formula is C13H16N2O. The predicted molar refractivity (Wildman–Crippen MR) is 65.1 cm³/mol. The largest absolute Gasteiger partial charge is 0.394 e. The van der Waals surface area contributed by atoms with E-state index in [1.165, 1.54) is 11.8 Å². The highest BCUT2D eigenvalue weighted by Gasteiger charge is 2.14. The second-order valence-corrected chi connectivity index (χ2v) is 4.94. The van der Waals surface area contributed by atoms with E-state index in [0.717, 1.165) is 5.56 Å². The minimum atomic E-state index is 0.158. The lowest BCUT2D eigenvalue weighted by molar-refractivity contribution is 0.432. The molecule has 1 heterocycles. The zero-order valence-electron chi connectivity index (χ0n) is 9.82. The van der Waals surface area contributed by atoms with E-state index in [1.807, 2.05) is 12.1 Å². The van der Waals surface area contributed by atoms with Gasteiger partial charge in [0.25, 0.3) is 0 Å². The summed E-state index contributed by atoms with van der Waals surface area (Å²) in [4.78, 5) is 0. The van der Waals surface area contributed by atoms with E-state index in [-0.39, 0.29) is 5.41 Å². The van der Waals surface area contributed by atoms with Crippen LogP contribution in [0.25, 0.3) is 11.3 Å². The Kier molecular flexibility index (Phi) is 2.46. The van der Waals surface area contributed by atoms with Crippen molar-refractivity contribution in [1.29, 1.82) is 0 Å². The maximum Gasteiger partial charge on any atom is 0.189 e. The lowest BCUT2D eigenvalue weighted by Crippen LogP contribution is -2.10. The van der Waals surface area contributed by atoms with Crippen LogP contribution < -0.4 is 5.73 Å². The molecule has 1 aromatic heterocycles. The maximum atomic E-state index is 5.74. The van der Waals surface area contributed by atoms with E-state index in [4.69, 9.17) is 10.3 Å². The summed E-state index contributed by atoms with van der Waals surface area (Å²) >= 11 is 0. The van der Waals surface area contributed by atoms with Gasteiger partial charge in [-0.15, -0.1) is 0 Å². The minimum absolute atomic E-state index is 0.158. The first-order chi connectivity index (χ1) is 7.48. The molecule has 0 radical (unpaired) electrons. The Morgan fingerprint density at radius 2 is 1.75 bits per heavy atom. The molecular weight excluding hydrogens is 200 g/mol. The molecule has 0 aliphatic rings. The average molecular weight is 216 g/mol. The smallest absolute Gasteiger partial charge is 0.189 e. The number of benzene rings is 1. The first kappa shape index (κ1) is 10.7. The molecule has 0 aliphatic heterocycles. The minimum Gasteiger partial charge on any atom is -0.394 e. The Hall–Kier alpha value is -1.77. The third-order valence-electron chi connectivity index (χ3n) is 2.61. The lowest BCUT2D eigenvalue weighted by atomic mass is 9.86. The molecule has 2 N–H and O–H groups in total. The van der Waals surface area contributed by atoms with E-state index in [1.54, 1.807) is 0 Å². The fourth-order valence-electron chi connectivity index (χ4n) is 1.59. The summed E-state index contributed by atoms with van der Waals surface area (Å²) < 4.78 is 5.10. The summed E-state index contributed by atoms with van der Waals surface area (Å²) in [5, 5.41) is 3.67. The van der Waals surface area contributed by atoms with Crippen molar-refractivity contribution in [3.05, 3.63) is 36.0 Å². The number of nitrogen functional groups attached to an aromatic ring is 1. The fourth-order valence-corrected chi connectivity index (χ4v) is 1.59. The monoisotopic (exact) mass is 216 g/mol. The Labute approximate surface area is 95.3 Å². The molecule has 0 bridgehead atoms. The standard InChI is InChI=1S/C13H16N2O/c1-13(2,3)10-6-4-9(5-7-10)12-11(14)8-15-16-12/h4-8H,14H2,1-3H3. The van der Waals surface area contributed by atoms with Gasteiger partial charge < -0.3 is 10.3 Å². The van der Waals surface area contributed by atoms with Gasteiger partial charge >= 0.3 is 0 Å². The fraction of sp³-hybridized carbons (Fsp3) is 0.308. The number of anilines is 1. The van der Waals surface area contributed by atoms with Crippen molar-refractivity contribution in [2.45, 2.75) is 26.2 Å². The normalized spacial score (nSPS) is 11.7. The quantitative estimate of drug-likeness (QED) is 0.796. The van der Waals surface area contributed by atoms with Crippen LogP contribution >= 0.6 is 0 Å². The van der Waals surface area contributed by atoms with Crippen molar-refractivity contribution in [2.24, 2.45) is 0 Å². The molecule has 2 aromatic rings. The highest BCUT2D eigenvalue weighted by atomic mass is 16.5. The molecule has 84 valence electrons. The third-order valence-corrected chi connectivity index (χ3v) is 2.61. The van der Waals surface area contributed by atoms with Crippen molar-refractivity contribution in [3.63, 3.8) is 0 Å². The van der Waals surface area contributed by atoms with Crippen LogP contribution in [0.3, 0.4) is 0 Å². The van der Waals surface area contributed by atoms with Crippen molar-refractivity contribution in [2.75, 3.05) is 5.73 Å². The first-order valence-corrected chi connectivity index (χ1v) is 5.29. The average Bonchev–Trinajstić information content (AvgIpc) is 2.63. The van der Waals surface area contributed by atoms with E-state index in [2.05, 4.69) is 38.1 Å². The van der Waals surface area contributed by atoms with Gasteiger partial charge in [-0.2, -0.15) is 0 Å². The van der Waals surface area contributed by atoms with Gasteiger partial charge in [-0.05, 0) is 11.0 Å². The van der Waals surface area contributed by atoms with Gasteiger partial charge in [0.15, 0.2) is 5.76 Å². The van der Waals surface area contributed by atoms with E-state index < -0.39 is 0 Å². The van der Waals surface area contributed by atoms with Crippen LogP contribution in [0.4, 0.5) is 5.69 Å². The summed E-state index contributed by atoms with van der Waals surface area (Å²) in [6.45, 7) is 6.56. The Morgan fingerprint density at radius 3 is 2.19 bits per heavy atom. The zero-order chi connectivity index (χ0) is 11.8. The number of hydrogen-bond acceptors (Lipinski definition) is 3. The van der Waals surface area contributed by atoms with Crippen molar-refractivity contribution < 1.29 is 4.52 Å². The van der Waals surface area contributed by atoms with Gasteiger partial charge in [-0.3, -0.25) is 0 Å². The van der Waals surface area contributed by atoms with Crippen molar-refractivity contribution >= 4 is 5.69 Å². The molecule has 0 amide bonds. The molecule has 0 aliphatic carbocycles. The summed E-state index contributed by atoms with van der Waals surface area (Å²) in [5.74, 6) is 0.639. The van der Waals surface area contributed by atoms with Crippen molar-refractivity contribution in [3.8, 4) is 11.3 Å². The molecule has 0 unspecified atom stereocenters. The summed E-state index contributed by atoms with van der Waals surface area (Å²) in [5.41, 5.74) is 8.72. The molecule has 0 saturated heterocycles. The maximum absolute atomic E-state index is 5.74. The van der Waals surface area contributed by atoms with Gasteiger partial charge in [0.1, 0.15) is 5.69 Å². The number of rotatable bonds is 1. The van der Waals surface area contributed by atoms with E-state index in [9.17, 15) is 0 Å². The van der Waals surface area contributed by atoms with Crippen molar-refractivity contribution in [1.82, 2.24) is 5.16 Å². The van der Waals surface area contributed by atoms with Crippen LogP contribution in [0.2, 0.25) is 0 Å². The number of hydrogen-bond donors (Lipinski definition) is 1. The van der Waals surface area contributed by atoms with Gasteiger partial charge in [0.2, 0.25) is 0 Å². The molecule has 0 atom stereocenters. The van der Waals surface area contributed by atoms with Crippen LogP contribution in [0.1, 0.15) is 26.3 Å². The number of nitrogens with zero attached hydrogens (tertiary/aromatic N) is 1. The SMILES string of the molecule is CC(C)(C)c1ccc(-c2oncc2N)cc1. The Bertz CT molecular complexity index is 477. The first-order valence-electron chi connectivity index (χ1n) is 5.29. The van der Waals surface area contributed by atoms with Crippen LogP contribution in [0, 0.1) is 0 Å². The summed E-state index contributed by atoms with van der Waals surface area (Å²) in [6.07, 6.45) is 1.52.